The fourth-order valence-corrected chi connectivity index (χ4v) is 2.38. The number of nitrogens with zero attached hydrogens (tertiary/aromatic N) is 3. The second kappa shape index (κ2) is 6.79. The molecule has 0 aliphatic heterocycles. The van der Waals surface area contributed by atoms with Gasteiger partial charge < -0.3 is 9.15 Å². The third-order valence-electron chi connectivity index (χ3n) is 3.36. The highest BCUT2D eigenvalue weighted by Gasteiger charge is 2.15. The average Bonchev–Trinajstić information content (AvgIpc) is 3.03. The van der Waals surface area contributed by atoms with Crippen molar-refractivity contribution in [1.82, 2.24) is 10.2 Å². The Labute approximate surface area is 145 Å². The summed E-state index contributed by atoms with van der Waals surface area (Å²) in [5.41, 5.74) is 1.26. The Hall–Kier alpha value is -2.74. The maximum absolute atomic E-state index is 10.9. The maximum atomic E-state index is 10.9. The third kappa shape index (κ3) is 3.43. The van der Waals surface area contributed by atoms with E-state index in [1.165, 1.54) is 6.07 Å². The smallest absolute Gasteiger partial charge is 0.276 e. The van der Waals surface area contributed by atoms with Crippen molar-refractivity contribution >= 4 is 21.6 Å². The number of rotatable bonds is 5. The number of halogens is 1. The van der Waals surface area contributed by atoms with Crippen LogP contribution in [0.3, 0.4) is 0 Å². The molecule has 0 N–H and O–H groups in total. The number of ether oxygens (including phenoxy) is 1. The lowest BCUT2D eigenvalue weighted by atomic mass is 10.2. The van der Waals surface area contributed by atoms with E-state index in [0.717, 1.165) is 10.0 Å². The molecule has 2 aromatic carbocycles. The lowest BCUT2D eigenvalue weighted by Gasteiger charge is -2.06. The molecule has 0 radical (unpaired) electrons. The van der Waals surface area contributed by atoms with E-state index in [2.05, 4.69) is 26.1 Å². The number of hydrogen-bond acceptors (Lipinski definition) is 6. The van der Waals surface area contributed by atoms with Crippen LogP contribution in [0.25, 0.3) is 11.5 Å². The molecule has 7 nitrogen and oxygen atoms in total. The summed E-state index contributed by atoms with van der Waals surface area (Å²) in [6.07, 6.45) is 0. The van der Waals surface area contributed by atoms with Crippen molar-refractivity contribution < 1.29 is 14.1 Å². The summed E-state index contributed by atoms with van der Waals surface area (Å²) in [6, 6.07) is 12.1. The third-order valence-corrected chi connectivity index (χ3v) is 3.89. The summed E-state index contributed by atoms with van der Waals surface area (Å²) >= 11 is 3.36. The lowest BCUT2D eigenvalue weighted by Crippen LogP contribution is -1.99. The van der Waals surface area contributed by atoms with Gasteiger partial charge in [-0.3, -0.25) is 10.1 Å². The topological polar surface area (TPSA) is 91.3 Å². The van der Waals surface area contributed by atoms with Crippen LogP contribution in [0.1, 0.15) is 11.5 Å². The predicted molar refractivity (Wildman–Crippen MR) is 89.6 cm³/mol. The summed E-state index contributed by atoms with van der Waals surface area (Å²) in [4.78, 5) is 10.5. The van der Waals surface area contributed by atoms with Gasteiger partial charge in [0.2, 0.25) is 5.89 Å². The summed E-state index contributed by atoms with van der Waals surface area (Å²) in [5.74, 6) is 1.09. The molecule has 0 unspecified atom stereocenters. The zero-order valence-corrected chi connectivity index (χ0v) is 14.2. The van der Waals surface area contributed by atoms with Crippen molar-refractivity contribution in [3.63, 3.8) is 0 Å². The molecule has 0 fully saturated rings. The first-order valence-electron chi connectivity index (χ1n) is 6.99. The first-order chi connectivity index (χ1) is 11.5. The minimum atomic E-state index is -0.444. The van der Waals surface area contributed by atoms with E-state index in [1.807, 2.05) is 24.3 Å². The van der Waals surface area contributed by atoms with Crippen LogP contribution in [-0.2, 0) is 6.61 Å². The molecule has 0 bridgehead atoms. The van der Waals surface area contributed by atoms with Crippen LogP contribution >= 0.6 is 15.9 Å². The predicted octanol–water partition coefficient (Wildman–Crippen LogP) is 4.29. The van der Waals surface area contributed by atoms with Crippen LogP contribution < -0.4 is 4.74 Å². The maximum Gasteiger partial charge on any atom is 0.276 e. The first kappa shape index (κ1) is 16.1. The quantitative estimate of drug-likeness (QED) is 0.477. The highest BCUT2D eigenvalue weighted by molar-refractivity contribution is 9.10. The zero-order chi connectivity index (χ0) is 17.1. The van der Waals surface area contributed by atoms with Crippen LogP contribution in [-0.4, -0.2) is 15.1 Å². The molecule has 0 saturated heterocycles. The molecule has 3 aromatic rings. The minimum Gasteiger partial charge on any atom is -0.483 e. The Kier molecular flexibility index (Phi) is 4.57. The fourth-order valence-electron chi connectivity index (χ4n) is 2.12. The summed E-state index contributed by atoms with van der Waals surface area (Å²) < 4.78 is 12.1. The molecule has 8 heteroatoms. The molecule has 0 amide bonds. The second-order valence-corrected chi connectivity index (χ2v) is 5.87. The van der Waals surface area contributed by atoms with Gasteiger partial charge in [-0.05, 0) is 37.3 Å². The molecular formula is C16H12BrN3O4. The molecule has 0 aliphatic carbocycles. The molecule has 1 heterocycles. The van der Waals surface area contributed by atoms with Gasteiger partial charge in [0.25, 0.3) is 11.6 Å². The molecule has 1 aromatic heterocycles. The van der Waals surface area contributed by atoms with Crippen LogP contribution in [0.15, 0.2) is 51.4 Å². The molecule has 122 valence electrons. The Bertz CT molecular complexity index is 877. The summed E-state index contributed by atoms with van der Waals surface area (Å²) in [7, 11) is 0. The van der Waals surface area contributed by atoms with E-state index in [4.69, 9.17) is 9.15 Å². The van der Waals surface area contributed by atoms with Crippen LogP contribution in [0, 0.1) is 17.0 Å². The van der Waals surface area contributed by atoms with Crippen LogP contribution in [0.2, 0.25) is 0 Å². The monoisotopic (exact) mass is 389 g/mol. The summed E-state index contributed by atoms with van der Waals surface area (Å²) in [6.45, 7) is 1.67. The van der Waals surface area contributed by atoms with Crippen molar-refractivity contribution in [3.05, 3.63) is 68.5 Å². The van der Waals surface area contributed by atoms with E-state index in [1.54, 1.807) is 19.1 Å². The van der Waals surface area contributed by atoms with E-state index in [9.17, 15) is 10.1 Å². The first-order valence-corrected chi connectivity index (χ1v) is 7.79. The molecule has 3 rings (SSSR count). The number of nitro benzene ring substituents is 1. The Morgan fingerprint density at radius 1 is 1.21 bits per heavy atom. The van der Waals surface area contributed by atoms with Crippen molar-refractivity contribution in [3.8, 4) is 17.2 Å². The normalized spacial score (nSPS) is 10.6. The molecule has 0 spiro atoms. The van der Waals surface area contributed by atoms with Crippen molar-refractivity contribution in [2.75, 3.05) is 0 Å². The zero-order valence-electron chi connectivity index (χ0n) is 12.6. The Morgan fingerprint density at radius 2 is 1.96 bits per heavy atom. The molecule has 0 aliphatic rings. The lowest BCUT2D eigenvalue weighted by molar-refractivity contribution is -0.385. The van der Waals surface area contributed by atoms with Gasteiger partial charge in [-0.2, -0.15) is 0 Å². The summed E-state index contributed by atoms with van der Waals surface area (Å²) in [5, 5.41) is 18.8. The molecule has 0 saturated carbocycles. The van der Waals surface area contributed by atoms with Crippen LogP contribution in [0.4, 0.5) is 5.69 Å². The van der Waals surface area contributed by atoms with E-state index in [0.29, 0.717) is 23.1 Å². The molecular weight excluding hydrogens is 378 g/mol. The van der Waals surface area contributed by atoms with Gasteiger partial charge >= 0.3 is 0 Å². The van der Waals surface area contributed by atoms with Gasteiger partial charge in [0.05, 0.1) is 10.5 Å². The van der Waals surface area contributed by atoms with Crippen LogP contribution in [0.5, 0.6) is 5.75 Å². The minimum absolute atomic E-state index is 0.00794. The van der Waals surface area contributed by atoms with E-state index >= 15 is 0 Å². The number of hydrogen-bond donors (Lipinski definition) is 0. The SMILES string of the molecule is Cc1c(OCc2nnc(-c3ccc(Br)cc3)o2)cccc1[N+](=O)[O-]. The van der Waals surface area contributed by atoms with Crippen molar-refractivity contribution in [1.29, 1.82) is 0 Å². The molecule has 0 atom stereocenters. The Morgan fingerprint density at radius 3 is 2.67 bits per heavy atom. The van der Waals surface area contributed by atoms with Gasteiger partial charge in [-0.15, -0.1) is 10.2 Å². The number of benzene rings is 2. The second-order valence-electron chi connectivity index (χ2n) is 4.95. The average molecular weight is 390 g/mol. The van der Waals surface area contributed by atoms with Crippen molar-refractivity contribution in [2.45, 2.75) is 13.5 Å². The fraction of sp³-hybridized carbons (Fsp3) is 0.125. The number of aromatic nitrogens is 2. The van der Waals surface area contributed by atoms with Gasteiger partial charge in [0.1, 0.15) is 5.75 Å². The van der Waals surface area contributed by atoms with Gasteiger partial charge in [-0.25, -0.2) is 0 Å². The van der Waals surface area contributed by atoms with Gasteiger partial charge in [-0.1, -0.05) is 22.0 Å². The van der Waals surface area contributed by atoms with E-state index in [-0.39, 0.29) is 12.3 Å². The highest BCUT2D eigenvalue weighted by Crippen LogP contribution is 2.28. The molecule has 24 heavy (non-hydrogen) atoms. The van der Waals surface area contributed by atoms with E-state index < -0.39 is 4.92 Å². The van der Waals surface area contributed by atoms with Gasteiger partial charge in [0.15, 0.2) is 6.61 Å². The van der Waals surface area contributed by atoms with Gasteiger partial charge in [0, 0.05) is 16.1 Å². The Balaban J connectivity index is 1.73. The highest BCUT2D eigenvalue weighted by atomic mass is 79.9. The van der Waals surface area contributed by atoms with Crippen molar-refractivity contribution in [2.24, 2.45) is 0 Å². The number of nitro groups is 1. The standard InChI is InChI=1S/C16H12BrN3O4/c1-10-13(20(21)22)3-2-4-14(10)23-9-15-18-19-16(24-15)11-5-7-12(17)8-6-11/h2-8H,9H2,1H3. The largest absolute Gasteiger partial charge is 0.483 e.